The number of benzene rings is 4. The lowest BCUT2D eigenvalue weighted by Crippen LogP contribution is -2.17. The second-order valence-electron chi connectivity index (χ2n) is 9.09. The van der Waals surface area contributed by atoms with Crippen molar-refractivity contribution in [1.82, 2.24) is 0 Å². The Morgan fingerprint density at radius 1 is 0.722 bits per heavy atom. The van der Waals surface area contributed by atoms with Crippen molar-refractivity contribution < 1.29 is 19.7 Å². The lowest BCUT2D eigenvalue weighted by molar-refractivity contribution is -0.143. The number of carbonyl (C=O) groups is 1. The fraction of sp³-hybridized carbons (Fsp3) is 0.219. The molecule has 0 fully saturated rings. The first-order valence-electron chi connectivity index (χ1n) is 12.4. The molecule has 36 heavy (non-hydrogen) atoms. The number of aliphatic hydroxyl groups is 1. The van der Waals surface area contributed by atoms with E-state index in [4.69, 9.17) is 4.74 Å². The third kappa shape index (κ3) is 7.30. The Bertz CT molecular complexity index is 1200. The Hall–Kier alpha value is -3.89. The van der Waals surface area contributed by atoms with Gasteiger partial charge in [0.2, 0.25) is 0 Å². The maximum atomic E-state index is 11.8. The number of aliphatic hydroxyl groups excluding tert-OH is 1. The van der Waals surface area contributed by atoms with Crippen LogP contribution in [0.4, 0.5) is 0 Å². The average Bonchev–Trinajstić information content (AvgIpc) is 2.93. The first kappa shape index (κ1) is 25.2. The quantitative estimate of drug-likeness (QED) is 0.227. The molecule has 0 saturated carbocycles. The van der Waals surface area contributed by atoms with Gasteiger partial charge in [0.05, 0.1) is 12.0 Å². The maximum Gasteiger partial charge on any atom is 0.306 e. The van der Waals surface area contributed by atoms with Crippen LogP contribution in [0.1, 0.15) is 42.1 Å². The first-order valence-corrected chi connectivity index (χ1v) is 12.4. The fourth-order valence-electron chi connectivity index (χ4n) is 4.33. The van der Waals surface area contributed by atoms with Gasteiger partial charge in [0.15, 0.2) is 0 Å². The van der Waals surface area contributed by atoms with Crippen LogP contribution in [0.15, 0.2) is 109 Å². The molecule has 2 atom stereocenters. The lowest BCUT2D eigenvalue weighted by atomic mass is 9.91. The van der Waals surface area contributed by atoms with Gasteiger partial charge in [0.25, 0.3) is 0 Å². The zero-order valence-corrected chi connectivity index (χ0v) is 20.3. The summed E-state index contributed by atoms with van der Waals surface area (Å²) in [5, 5.41) is 20.4. The Morgan fingerprint density at radius 3 is 1.86 bits per heavy atom. The van der Waals surface area contributed by atoms with Crippen molar-refractivity contribution in [3.63, 3.8) is 0 Å². The highest BCUT2D eigenvalue weighted by molar-refractivity contribution is 5.70. The van der Waals surface area contributed by atoms with Gasteiger partial charge in [0.1, 0.15) is 12.4 Å². The van der Waals surface area contributed by atoms with E-state index < -0.39 is 18.0 Å². The molecule has 0 aliphatic heterocycles. The molecule has 0 aromatic heterocycles. The highest BCUT2D eigenvalue weighted by Gasteiger charge is 2.22. The lowest BCUT2D eigenvalue weighted by Gasteiger charge is -2.17. The molecule has 0 spiro atoms. The molecule has 0 bridgehead atoms. The summed E-state index contributed by atoms with van der Waals surface area (Å²) >= 11 is 0. The number of carboxylic acids is 1. The summed E-state index contributed by atoms with van der Waals surface area (Å²) in [6.45, 7) is 0.524. The molecule has 0 unspecified atom stereocenters. The molecule has 4 nitrogen and oxygen atoms in total. The van der Waals surface area contributed by atoms with Crippen LogP contribution in [0.25, 0.3) is 11.1 Å². The van der Waals surface area contributed by atoms with Gasteiger partial charge in [-0.2, -0.15) is 0 Å². The van der Waals surface area contributed by atoms with Crippen molar-refractivity contribution in [2.75, 3.05) is 0 Å². The predicted molar refractivity (Wildman–Crippen MR) is 143 cm³/mol. The molecule has 184 valence electrons. The van der Waals surface area contributed by atoms with E-state index in [1.54, 1.807) is 0 Å². The standard InChI is InChI=1S/C32H32O4/c33-31(22-29(32(34)35)13-7-12-24-8-3-1-4-9-24)28-16-14-26(15-17-28)27-18-20-30(21-19-27)36-23-25-10-5-2-6-11-25/h1-6,8-11,14-21,29,31,33H,7,12-13,22-23H2,(H,34,35)/t29-,31-/m0/s1. The third-order valence-corrected chi connectivity index (χ3v) is 6.45. The summed E-state index contributed by atoms with van der Waals surface area (Å²) < 4.78 is 5.86. The SMILES string of the molecule is O=C(O)[C@@H](CCCc1ccccc1)C[C@H](O)c1ccc(-c2ccc(OCc3ccccc3)cc2)cc1. The highest BCUT2D eigenvalue weighted by Crippen LogP contribution is 2.28. The molecule has 0 heterocycles. The van der Waals surface area contributed by atoms with Crippen LogP contribution >= 0.6 is 0 Å². The van der Waals surface area contributed by atoms with E-state index in [1.165, 1.54) is 5.56 Å². The Kier molecular flexibility index (Phi) is 8.90. The molecule has 0 aliphatic rings. The van der Waals surface area contributed by atoms with E-state index in [9.17, 15) is 15.0 Å². The van der Waals surface area contributed by atoms with Gasteiger partial charge in [-0.1, -0.05) is 97.1 Å². The number of aryl methyl sites for hydroxylation is 1. The van der Waals surface area contributed by atoms with Crippen LogP contribution in [-0.4, -0.2) is 16.2 Å². The fourth-order valence-corrected chi connectivity index (χ4v) is 4.33. The topological polar surface area (TPSA) is 66.8 Å². The summed E-state index contributed by atoms with van der Waals surface area (Å²) in [5.74, 6) is -0.623. The molecule has 0 saturated heterocycles. The second-order valence-corrected chi connectivity index (χ2v) is 9.09. The molecule has 0 radical (unpaired) electrons. The summed E-state index contributed by atoms with van der Waals surface area (Å²) in [6, 6.07) is 35.7. The van der Waals surface area contributed by atoms with Gasteiger partial charge in [0, 0.05) is 0 Å². The van der Waals surface area contributed by atoms with Gasteiger partial charge < -0.3 is 14.9 Å². The number of ether oxygens (including phenoxy) is 1. The minimum absolute atomic E-state index is 0.205. The summed E-state index contributed by atoms with van der Waals surface area (Å²) in [4.78, 5) is 11.8. The molecular weight excluding hydrogens is 448 g/mol. The number of hydrogen-bond acceptors (Lipinski definition) is 3. The van der Waals surface area contributed by atoms with Crippen molar-refractivity contribution in [2.45, 2.75) is 38.4 Å². The van der Waals surface area contributed by atoms with Crippen LogP contribution in [0.2, 0.25) is 0 Å². The van der Waals surface area contributed by atoms with Crippen molar-refractivity contribution in [3.05, 3.63) is 126 Å². The van der Waals surface area contributed by atoms with Crippen molar-refractivity contribution in [2.24, 2.45) is 5.92 Å². The molecule has 2 N–H and O–H groups in total. The number of aliphatic carboxylic acids is 1. The van der Waals surface area contributed by atoms with Crippen molar-refractivity contribution >= 4 is 5.97 Å². The van der Waals surface area contributed by atoms with Gasteiger partial charge in [-0.3, -0.25) is 4.79 Å². The van der Waals surface area contributed by atoms with E-state index in [0.717, 1.165) is 40.8 Å². The van der Waals surface area contributed by atoms with Gasteiger partial charge >= 0.3 is 5.97 Å². The van der Waals surface area contributed by atoms with E-state index in [1.807, 2.05) is 97.1 Å². The van der Waals surface area contributed by atoms with Crippen LogP contribution in [-0.2, 0) is 17.8 Å². The zero-order chi connectivity index (χ0) is 25.2. The minimum Gasteiger partial charge on any atom is -0.489 e. The Morgan fingerprint density at radius 2 is 1.28 bits per heavy atom. The maximum absolute atomic E-state index is 11.8. The minimum atomic E-state index is -0.853. The normalized spacial score (nSPS) is 12.6. The highest BCUT2D eigenvalue weighted by atomic mass is 16.5. The molecule has 4 rings (SSSR count). The zero-order valence-electron chi connectivity index (χ0n) is 20.3. The van der Waals surface area contributed by atoms with Crippen molar-refractivity contribution in [3.8, 4) is 16.9 Å². The van der Waals surface area contributed by atoms with Gasteiger partial charge in [-0.05, 0) is 65.6 Å². The number of hydrogen-bond donors (Lipinski definition) is 2. The van der Waals surface area contributed by atoms with E-state index in [2.05, 4.69) is 12.1 Å². The predicted octanol–water partition coefficient (Wildman–Crippen LogP) is 7.08. The monoisotopic (exact) mass is 480 g/mol. The number of carboxylic acid groups (broad SMARTS) is 1. The molecule has 0 aliphatic carbocycles. The van der Waals surface area contributed by atoms with E-state index in [-0.39, 0.29) is 6.42 Å². The van der Waals surface area contributed by atoms with Crippen LogP contribution in [0.5, 0.6) is 5.75 Å². The largest absolute Gasteiger partial charge is 0.489 e. The summed E-state index contributed by atoms with van der Waals surface area (Å²) in [7, 11) is 0. The summed E-state index contributed by atoms with van der Waals surface area (Å²) in [5.41, 5.74) is 5.13. The Labute approximate surface area is 212 Å². The molecule has 4 aromatic carbocycles. The first-order chi connectivity index (χ1) is 17.6. The van der Waals surface area contributed by atoms with E-state index >= 15 is 0 Å². The van der Waals surface area contributed by atoms with Gasteiger partial charge in [-0.15, -0.1) is 0 Å². The Balaban J connectivity index is 1.30. The molecule has 4 aromatic rings. The molecule has 0 amide bonds. The van der Waals surface area contributed by atoms with E-state index in [0.29, 0.717) is 13.0 Å². The second kappa shape index (κ2) is 12.7. The molecule has 4 heteroatoms. The van der Waals surface area contributed by atoms with Crippen LogP contribution in [0, 0.1) is 5.92 Å². The van der Waals surface area contributed by atoms with Gasteiger partial charge in [-0.25, -0.2) is 0 Å². The molecular formula is C32H32O4. The number of rotatable bonds is 12. The summed E-state index contributed by atoms with van der Waals surface area (Å²) in [6.07, 6.45) is 1.55. The third-order valence-electron chi connectivity index (χ3n) is 6.45. The van der Waals surface area contributed by atoms with Crippen molar-refractivity contribution in [1.29, 1.82) is 0 Å². The average molecular weight is 481 g/mol. The van der Waals surface area contributed by atoms with Crippen LogP contribution < -0.4 is 4.74 Å². The smallest absolute Gasteiger partial charge is 0.306 e. The van der Waals surface area contributed by atoms with Crippen LogP contribution in [0.3, 0.4) is 0 Å².